The van der Waals surface area contributed by atoms with Crippen molar-refractivity contribution >= 4 is 22.7 Å². The van der Waals surface area contributed by atoms with Gasteiger partial charge in [-0.15, -0.1) is 0 Å². The highest BCUT2D eigenvalue weighted by Crippen LogP contribution is 2.41. The number of nitrogens with one attached hydrogen (secondary N) is 2. The van der Waals surface area contributed by atoms with Gasteiger partial charge in [-0.1, -0.05) is 37.1 Å². The number of rotatable bonds is 5. The Morgan fingerprint density at radius 1 is 1.11 bits per heavy atom. The van der Waals surface area contributed by atoms with Crippen molar-refractivity contribution in [3.05, 3.63) is 64.9 Å². The monoisotopic (exact) mass is 372 g/mol. The van der Waals surface area contributed by atoms with Gasteiger partial charge in [-0.2, -0.15) is 5.26 Å². The lowest BCUT2D eigenvalue weighted by atomic mass is 9.80. The van der Waals surface area contributed by atoms with Crippen LogP contribution in [0.2, 0.25) is 0 Å². The highest BCUT2D eigenvalue weighted by atomic mass is 14.9. The fraction of sp³-hybridized carbons (Fsp3) is 0.333. The maximum absolute atomic E-state index is 9.69. The van der Waals surface area contributed by atoms with Crippen LogP contribution < -0.4 is 11.1 Å². The number of aryl methyl sites for hydroxylation is 1. The van der Waals surface area contributed by atoms with Gasteiger partial charge in [0, 0.05) is 28.4 Å². The number of benzene rings is 2. The van der Waals surface area contributed by atoms with E-state index < -0.39 is 0 Å². The number of nitrogens with two attached hydrogens (primary N) is 1. The number of hydrogen-bond acceptors (Lipinski definition) is 4. The minimum atomic E-state index is -0.311. The molecule has 4 nitrogen and oxygen atoms in total. The second-order valence-electron chi connectivity index (χ2n) is 7.82. The van der Waals surface area contributed by atoms with Crippen molar-refractivity contribution in [2.45, 2.75) is 51.9 Å². The van der Waals surface area contributed by atoms with Crippen LogP contribution in [-0.2, 0) is 5.41 Å². The van der Waals surface area contributed by atoms with Crippen LogP contribution in [0.3, 0.4) is 0 Å². The highest BCUT2D eigenvalue weighted by molar-refractivity contribution is 6.22. The lowest BCUT2D eigenvalue weighted by molar-refractivity contribution is 0.573. The Morgan fingerprint density at radius 2 is 1.75 bits per heavy atom. The Bertz CT molecular complexity index is 951. The molecule has 2 aromatic rings. The Morgan fingerprint density at radius 3 is 2.29 bits per heavy atom. The summed E-state index contributed by atoms with van der Waals surface area (Å²) in [6.45, 7) is 5.64. The fourth-order valence-electron chi connectivity index (χ4n) is 4.12. The number of nitrogens with zero attached hydrogens (tertiary/aromatic N) is 1. The van der Waals surface area contributed by atoms with Gasteiger partial charge in [0.25, 0.3) is 0 Å². The molecule has 0 unspecified atom stereocenters. The summed E-state index contributed by atoms with van der Waals surface area (Å²) in [5.41, 5.74) is 12.7. The smallest absolute Gasteiger partial charge is 0.0822 e. The van der Waals surface area contributed by atoms with E-state index in [2.05, 4.69) is 30.4 Å². The molecule has 144 valence electrons. The normalized spacial score (nSPS) is 16.2. The first kappa shape index (κ1) is 19.7. The summed E-state index contributed by atoms with van der Waals surface area (Å²) in [4.78, 5) is 0. The number of nitriles is 1. The molecule has 3 rings (SSSR count). The van der Waals surface area contributed by atoms with Gasteiger partial charge in [0.05, 0.1) is 11.5 Å². The first-order valence-electron chi connectivity index (χ1n) is 9.78. The summed E-state index contributed by atoms with van der Waals surface area (Å²) < 4.78 is 0. The van der Waals surface area contributed by atoms with Crippen LogP contribution in [0.25, 0.3) is 5.57 Å². The van der Waals surface area contributed by atoms with Crippen molar-refractivity contribution in [3.8, 4) is 6.07 Å². The fourth-order valence-corrected chi connectivity index (χ4v) is 4.12. The number of anilines is 2. The molecule has 4 N–H and O–H groups in total. The summed E-state index contributed by atoms with van der Waals surface area (Å²) in [6.07, 6.45) is 4.16. The molecule has 0 bridgehead atoms. The van der Waals surface area contributed by atoms with Crippen molar-refractivity contribution in [2.24, 2.45) is 5.73 Å². The van der Waals surface area contributed by atoms with Gasteiger partial charge in [0.2, 0.25) is 0 Å². The molecule has 0 radical (unpaired) electrons. The van der Waals surface area contributed by atoms with Crippen molar-refractivity contribution in [2.75, 3.05) is 5.32 Å². The van der Waals surface area contributed by atoms with Crippen molar-refractivity contribution < 1.29 is 0 Å². The van der Waals surface area contributed by atoms with Gasteiger partial charge in [0.15, 0.2) is 0 Å². The quantitative estimate of drug-likeness (QED) is 0.579. The Balaban J connectivity index is 1.88. The molecule has 0 atom stereocenters. The average Bonchev–Trinajstić information content (AvgIpc) is 3.15. The Hall–Kier alpha value is -3.06. The van der Waals surface area contributed by atoms with E-state index in [4.69, 9.17) is 11.1 Å². The zero-order valence-electron chi connectivity index (χ0n) is 16.9. The summed E-state index contributed by atoms with van der Waals surface area (Å²) in [6, 6.07) is 16.9. The van der Waals surface area contributed by atoms with E-state index in [0.717, 1.165) is 59.3 Å². The topological polar surface area (TPSA) is 85.7 Å². The summed E-state index contributed by atoms with van der Waals surface area (Å²) in [5, 5.41) is 21.2. The molecule has 1 fully saturated rings. The minimum Gasteiger partial charge on any atom is -0.402 e. The van der Waals surface area contributed by atoms with Crippen LogP contribution in [0, 0.1) is 23.7 Å². The minimum absolute atomic E-state index is 0.311. The number of hydrogen-bond donors (Lipinski definition) is 3. The van der Waals surface area contributed by atoms with Gasteiger partial charge in [-0.05, 0) is 68.5 Å². The third kappa shape index (κ3) is 3.80. The van der Waals surface area contributed by atoms with E-state index in [-0.39, 0.29) is 5.41 Å². The molecule has 0 aromatic heterocycles. The molecule has 1 aliphatic rings. The SMILES string of the molecule is CC(=N)C(=C(C)N)c1ccc(C)c(Nc2ccc(C3(C#N)CCCC3)cc2)c1. The van der Waals surface area contributed by atoms with Gasteiger partial charge in [0.1, 0.15) is 0 Å². The van der Waals surface area contributed by atoms with Crippen LogP contribution in [0.4, 0.5) is 11.4 Å². The van der Waals surface area contributed by atoms with Crippen LogP contribution in [0.15, 0.2) is 48.2 Å². The van der Waals surface area contributed by atoms with E-state index in [1.807, 2.05) is 37.3 Å². The van der Waals surface area contributed by atoms with E-state index in [1.165, 1.54) is 0 Å². The molecular formula is C24H28N4. The maximum atomic E-state index is 9.69. The largest absolute Gasteiger partial charge is 0.402 e. The van der Waals surface area contributed by atoms with Crippen LogP contribution in [0.5, 0.6) is 0 Å². The summed E-state index contributed by atoms with van der Waals surface area (Å²) >= 11 is 0. The zero-order valence-corrected chi connectivity index (χ0v) is 16.9. The molecule has 0 saturated heterocycles. The highest BCUT2D eigenvalue weighted by Gasteiger charge is 2.35. The predicted octanol–water partition coefficient (Wildman–Crippen LogP) is 5.80. The standard InChI is InChI=1S/C24H28N4/c1-16-6-7-19(23(17(2)26)18(3)27)14-22(16)28-21-10-8-20(9-11-21)24(15-25)12-4-5-13-24/h6-11,14,26,28H,4-5,12-13,27H2,1-3H3. The van der Waals surface area contributed by atoms with Gasteiger partial charge in [-0.25, -0.2) is 0 Å². The lowest BCUT2D eigenvalue weighted by Crippen LogP contribution is -2.19. The van der Waals surface area contributed by atoms with Crippen molar-refractivity contribution in [1.82, 2.24) is 0 Å². The molecule has 2 aromatic carbocycles. The van der Waals surface area contributed by atoms with Gasteiger partial charge < -0.3 is 16.5 Å². The second kappa shape index (κ2) is 7.90. The second-order valence-corrected chi connectivity index (χ2v) is 7.82. The van der Waals surface area contributed by atoms with Crippen LogP contribution in [-0.4, -0.2) is 5.71 Å². The molecule has 1 saturated carbocycles. The first-order chi connectivity index (χ1) is 13.4. The van der Waals surface area contributed by atoms with Gasteiger partial charge >= 0.3 is 0 Å². The average molecular weight is 373 g/mol. The molecule has 28 heavy (non-hydrogen) atoms. The molecule has 0 heterocycles. The molecule has 4 heteroatoms. The molecule has 1 aliphatic carbocycles. The first-order valence-corrected chi connectivity index (χ1v) is 9.78. The van der Waals surface area contributed by atoms with E-state index >= 15 is 0 Å². The van der Waals surface area contributed by atoms with Crippen LogP contribution >= 0.6 is 0 Å². The number of allylic oxidation sites excluding steroid dienone is 2. The third-order valence-corrected chi connectivity index (χ3v) is 5.68. The lowest BCUT2D eigenvalue weighted by Gasteiger charge is -2.21. The van der Waals surface area contributed by atoms with Gasteiger partial charge in [-0.3, -0.25) is 0 Å². The molecule has 0 spiro atoms. The van der Waals surface area contributed by atoms with Crippen LogP contribution in [0.1, 0.15) is 56.2 Å². The predicted molar refractivity (Wildman–Crippen MR) is 117 cm³/mol. The van der Waals surface area contributed by atoms with E-state index in [0.29, 0.717) is 11.4 Å². The van der Waals surface area contributed by atoms with Crippen molar-refractivity contribution in [1.29, 1.82) is 10.7 Å². The summed E-state index contributed by atoms with van der Waals surface area (Å²) in [7, 11) is 0. The summed E-state index contributed by atoms with van der Waals surface area (Å²) in [5.74, 6) is 0. The molecule has 0 amide bonds. The zero-order chi connectivity index (χ0) is 20.3. The maximum Gasteiger partial charge on any atom is 0.0822 e. The Kier molecular flexibility index (Phi) is 5.56. The molecular weight excluding hydrogens is 344 g/mol. The van der Waals surface area contributed by atoms with E-state index in [9.17, 15) is 5.26 Å². The molecule has 0 aliphatic heterocycles. The Labute approximate surface area is 167 Å². The van der Waals surface area contributed by atoms with Crippen molar-refractivity contribution in [3.63, 3.8) is 0 Å². The third-order valence-electron chi connectivity index (χ3n) is 5.68. The van der Waals surface area contributed by atoms with E-state index in [1.54, 1.807) is 6.92 Å².